The summed E-state index contributed by atoms with van der Waals surface area (Å²) in [6.07, 6.45) is 13.8. The van der Waals surface area contributed by atoms with Crippen LogP contribution in [0.1, 0.15) is 84.0 Å². The molecule has 1 atom stereocenters. The number of carbonyl (C=O) groups is 1. The number of amides is 1. The van der Waals surface area contributed by atoms with Crippen LogP contribution in [0.2, 0.25) is 19.1 Å². The van der Waals surface area contributed by atoms with Crippen LogP contribution in [0.15, 0.2) is 0 Å². The van der Waals surface area contributed by atoms with Gasteiger partial charge in [-0.2, -0.15) is 0 Å². The standard InChI is InChI=1S/C25H54N2O3Si/c1-6-7-8-9-10-11-12-13-14-17-25(29)26-18-15-19-27(2,3)22-24(28)23-30-20-16-21-31(4)5/h24,28,31H,6-23H2,1-5H3/p+1. The van der Waals surface area contributed by atoms with Crippen molar-refractivity contribution in [3.63, 3.8) is 0 Å². The number of carbonyl (C=O) groups excluding carboxylic acids is 1. The maximum Gasteiger partial charge on any atom is 0.219 e. The van der Waals surface area contributed by atoms with Gasteiger partial charge in [0, 0.05) is 34.8 Å². The van der Waals surface area contributed by atoms with E-state index in [1.165, 1.54) is 57.4 Å². The molecule has 0 aromatic carbocycles. The molecule has 186 valence electrons. The second kappa shape index (κ2) is 20.2. The molecule has 0 aromatic heterocycles. The van der Waals surface area contributed by atoms with Crippen molar-refractivity contribution in [1.82, 2.24) is 5.32 Å². The van der Waals surface area contributed by atoms with Crippen molar-refractivity contribution in [3.8, 4) is 0 Å². The lowest BCUT2D eigenvalue weighted by atomic mass is 10.1. The first-order valence-corrected chi connectivity index (χ1v) is 16.2. The van der Waals surface area contributed by atoms with Crippen molar-refractivity contribution in [1.29, 1.82) is 0 Å². The van der Waals surface area contributed by atoms with Crippen molar-refractivity contribution in [3.05, 3.63) is 0 Å². The summed E-state index contributed by atoms with van der Waals surface area (Å²) in [5.41, 5.74) is 0. The van der Waals surface area contributed by atoms with Crippen LogP contribution in [-0.4, -0.2) is 77.3 Å². The normalized spacial score (nSPS) is 13.0. The lowest BCUT2D eigenvalue weighted by Gasteiger charge is -2.32. The van der Waals surface area contributed by atoms with Gasteiger partial charge in [-0.25, -0.2) is 0 Å². The summed E-state index contributed by atoms with van der Waals surface area (Å²) in [7, 11) is 3.78. The number of ether oxygens (including phenoxy) is 1. The highest BCUT2D eigenvalue weighted by Gasteiger charge is 2.20. The quantitative estimate of drug-likeness (QED) is 0.140. The number of hydrogen-bond donors (Lipinski definition) is 2. The Bertz CT molecular complexity index is 420. The fraction of sp³-hybridized carbons (Fsp3) is 0.960. The zero-order valence-corrected chi connectivity index (χ0v) is 22.7. The summed E-state index contributed by atoms with van der Waals surface area (Å²) in [5, 5.41) is 13.3. The first kappa shape index (κ1) is 30.6. The van der Waals surface area contributed by atoms with E-state index in [-0.39, 0.29) is 5.91 Å². The van der Waals surface area contributed by atoms with Gasteiger partial charge < -0.3 is 19.6 Å². The summed E-state index contributed by atoms with van der Waals surface area (Å²) < 4.78 is 6.39. The first-order valence-electron chi connectivity index (χ1n) is 13.1. The van der Waals surface area contributed by atoms with Gasteiger partial charge in [-0.15, -0.1) is 0 Å². The second-order valence-electron chi connectivity index (χ2n) is 10.4. The largest absolute Gasteiger partial charge is 0.385 e. The van der Waals surface area contributed by atoms with Crippen LogP contribution in [-0.2, 0) is 9.53 Å². The number of quaternary nitrogens is 1. The summed E-state index contributed by atoms with van der Waals surface area (Å²) in [6.45, 7) is 10.5. The average molecular weight is 460 g/mol. The molecule has 31 heavy (non-hydrogen) atoms. The number of aliphatic hydroxyl groups is 1. The second-order valence-corrected chi connectivity index (χ2v) is 13.8. The van der Waals surface area contributed by atoms with E-state index >= 15 is 0 Å². The summed E-state index contributed by atoms with van der Waals surface area (Å²) in [5.74, 6) is 0.186. The number of hydrogen-bond acceptors (Lipinski definition) is 3. The maximum absolute atomic E-state index is 12.0. The van der Waals surface area contributed by atoms with Crippen LogP contribution in [0.3, 0.4) is 0 Å². The van der Waals surface area contributed by atoms with E-state index in [1.807, 2.05) is 0 Å². The molecule has 1 amide bonds. The topological polar surface area (TPSA) is 58.6 Å². The monoisotopic (exact) mass is 459 g/mol. The Morgan fingerprint density at radius 3 is 2.19 bits per heavy atom. The number of rotatable bonds is 22. The fourth-order valence-corrected chi connectivity index (χ4v) is 4.93. The third-order valence-corrected chi connectivity index (χ3v) is 7.42. The SMILES string of the molecule is CCCCCCCCCCCC(=O)NCCC[N+](C)(C)CC(O)COCCC[SiH](C)C. The van der Waals surface area contributed by atoms with Gasteiger partial charge in [0.2, 0.25) is 5.91 Å². The molecular formula is C25H55N2O3Si+. The Kier molecular flexibility index (Phi) is 19.9. The van der Waals surface area contributed by atoms with E-state index < -0.39 is 14.9 Å². The van der Waals surface area contributed by atoms with Crippen LogP contribution in [0.5, 0.6) is 0 Å². The highest BCUT2D eigenvalue weighted by Crippen LogP contribution is 2.10. The Labute approximate surface area is 195 Å². The minimum Gasteiger partial charge on any atom is -0.385 e. The molecule has 6 heteroatoms. The molecule has 0 aliphatic carbocycles. The average Bonchev–Trinajstić information content (AvgIpc) is 2.69. The lowest BCUT2D eigenvalue weighted by Crippen LogP contribution is -2.47. The van der Waals surface area contributed by atoms with Crippen molar-refractivity contribution in [2.45, 2.75) is 109 Å². The number of unbranched alkanes of at least 4 members (excludes halogenated alkanes) is 8. The Morgan fingerprint density at radius 2 is 1.58 bits per heavy atom. The zero-order chi connectivity index (χ0) is 23.4. The highest BCUT2D eigenvalue weighted by atomic mass is 28.3. The van der Waals surface area contributed by atoms with Crippen molar-refractivity contribution in [2.24, 2.45) is 0 Å². The number of nitrogens with zero attached hydrogens (tertiary/aromatic N) is 1. The molecular weight excluding hydrogens is 404 g/mol. The van der Waals surface area contributed by atoms with Gasteiger partial charge in [-0.05, 0) is 12.8 Å². The van der Waals surface area contributed by atoms with Crippen molar-refractivity contribution >= 4 is 14.7 Å². The minimum atomic E-state index is -0.489. The molecule has 0 saturated carbocycles. The summed E-state index contributed by atoms with van der Waals surface area (Å²) in [6, 6.07) is 1.31. The Hall–Kier alpha value is -0.433. The lowest BCUT2D eigenvalue weighted by molar-refractivity contribution is -0.893. The third-order valence-electron chi connectivity index (χ3n) is 5.86. The molecule has 0 bridgehead atoms. The minimum absolute atomic E-state index is 0.186. The number of aliphatic hydroxyl groups excluding tert-OH is 1. The molecule has 0 rings (SSSR count). The van der Waals surface area contributed by atoms with E-state index in [4.69, 9.17) is 4.74 Å². The van der Waals surface area contributed by atoms with Gasteiger partial charge in [0.25, 0.3) is 0 Å². The maximum atomic E-state index is 12.0. The van der Waals surface area contributed by atoms with Gasteiger partial charge in [0.15, 0.2) is 0 Å². The van der Waals surface area contributed by atoms with Crippen LogP contribution >= 0.6 is 0 Å². The van der Waals surface area contributed by atoms with Crippen LogP contribution in [0.4, 0.5) is 0 Å². The predicted octanol–water partition coefficient (Wildman–Crippen LogP) is 4.74. The van der Waals surface area contributed by atoms with Gasteiger partial charge in [0.1, 0.15) is 12.6 Å². The van der Waals surface area contributed by atoms with Crippen molar-refractivity contribution < 1.29 is 19.1 Å². The van der Waals surface area contributed by atoms with Gasteiger partial charge >= 0.3 is 0 Å². The van der Waals surface area contributed by atoms with Crippen molar-refractivity contribution in [2.75, 3.05) is 46.9 Å². The molecule has 0 radical (unpaired) electrons. The zero-order valence-electron chi connectivity index (χ0n) is 21.6. The van der Waals surface area contributed by atoms with Crippen LogP contribution in [0.25, 0.3) is 0 Å². The van der Waals surface area contributed by atoms with Gasteiger partial charge in [-0.3, -0.25) is 4.79 Å². The molecule has 0 fully saturated rings. The third kappa shape index (κ3) is 22.5. The number of nitrogens with one attached hydrogen (secondary N) is 1. The van der Waals surface area contributed by atoms with Gasteiger partial charge in [0.05, 0.1) is 27.2 Å². The molecule has 0 saturated heterocycles. The molecule has 5 nitrogen and oxygen atoms in total. The molecule has 0 aliphatic heterocycles. The van der Waals surface area contributed by atoms with Crippen LogP contribution < -0.4 is 5.32 Å². The first-order chi connectivity index (χ1) is 14.8. The van der Waals surface area contributed by atoms with E-state index in [1.54, 1.807) is 0 Å². The fourth-order valence-electron chi connectivity index (χ4n) is 3.95. The van der Waals surface area contributed by atoms with E-state index in [0.717, 1.165) is 43.4 Å². The van der Waals surface area contributed by atoms with Crippen LogP contribution in [0, 0.1) is 0 Å². The molecule has 0 aromatic rings. The smallest absolute Gasteiger partial charge is 0.219 e. The Morgan fingerprint density at radius 1 is 0.968 bits per heavy atom. The van der Waals surface area contributed by atoms with Gasteiger partial charge in [-0.1, -0.05) is 77.4 Å². The van der Waals surface area contributed by atoms with E-state index in [0.29, 0.717) is 19.6 Å². The molecule has 0 spiro atoms. The molecule has 1 unspecified atom stereocenters. The summed E-state index contributed by atoms with van der Waals surface area (Å²) >= 11 is 0. The Balaban J connectivity index is 3.61. The molecule has 2 N–H and O–H groups in total. The number of likely N-dealkylation sites (N-methyl/N-ethyl adjacent to an activating group) is 1. The van der Waals surface area contributed by atoms with E-state index in [2.05, 4.69) is 39.4 Å². The predicted molar refractivity (Wildman–Crippen MR) is 136 cm³/mol. The molecule has 0 aliphatic rings. The summed E-state index contributed by atoms with van der Waals surface area (Å²) in [4.78, 5) is 12.0. The highest BCUT2D eigenvalue weighted by molar-refractivity contribution is 6.55. The van der Waals surface area contributed by atoms with E-state index in [9.17, 15) is 9.90 Å². The molecule has 0 heterocycles.